The van der Waals surface area contributed by atoms with Crippen LogP contribution in [0.2, 0.25) is 0 Å². The van der Waals surface area contributed by atoms with Gasteiger partial charge in [0.15, 0.2) is 5.76 Å². The summed E-state index contributed by atoms with van der Waals surface area (Å²) in [4.78, 5) is 24.5. The number of nitrogens with zero attached hydrogens (tertiary/aromatic N) is 5. The molecule has 0 fully saturated rings. The Morgan fingerprint density at radius 1 is 1.16 bits per heavy atom. The SMILES string of the molecule is COc1cc(OCc2csc(-c3ccc(C(=O)O)cc3)n2)c2cc(-c3cn4nc(C)cnc4n3)oc2c1. The van der Waals surface area contributed by atoms with Crippen LogP contribution in [0.1, 0.15) is 21.7 Å². The number of hydrogen-bond donors (Lipinski definition) is 1. The van der Waals surface area contributed by atoms with E-state index >= 15 is 0 Å². The van der Waals surface area contributed by atoms with Gasteiger partial charge in [0, 0.05) is 23.1 Å². The molecular weight excluding hydrogens is 494 g/mol. The molecule has 1 N–H and O–H groups in total. The second-order valence-electron chi connectivity index (χ2n) is 8.23. The van der Waals surface area contributed by atoms with Gasteiger partial charge < -0.3 is 19.0 Å². The minimum Gasteiger partial charge on any atom is -0.496 e. The Bertz CT molecular complexity index is 1770. The van der Waals surface area contributed by atoms with E-state index in [0.717, 1.165) is 27.3 Å². The smallest absolute Gasteiger partial charge is 0.335 e. The molecule has 2 aromatic carbocycles. The molecule has 11 heteroatoms. The fourth-order valence-corrected chi connectivity index (χ4v) is 4.66. The molecule has 0 saturated carbocycles. The predicted octanol–water partition coefficient (Wildman–Crippen LogP) is 5.26. The summed E-state index contributed by atoms with van der Waals surface area (Å²) in [5.41, 5.74) is 3.80. The fraction of sp³-hybridized carbons (Fsp3) is 0.115. The molecule has 4 heterocycles. The van der Waals surface area contributed by atoms with E-state index in [1.54, 1.807) is 60.4 Å². The average molecular weight is 514 g/mol. The van der Waals surface area contributed by atoms with E-state index in [2.05, 4.69) is 20.1 Å². The molecule has 0 amide bonds. The summed E-state index contributed by atoms with van der Waals surface area (Å²) in [6.45, 7) is 2.09. The van der Waals surface area contributed by atoms with E-state index in [1.807, 2.05) is 18.4 Å². The summed E-state index contributed by atoms with van der Waals surface area (Å²) < 4.78 is 19.3. The van der Waals surface area contributed by atoms with Crippen LogP contribution in [0.4, 0.5) is 0 Å². The Morgan fingerprint density at radius 3 is 2.78 bits per heavy atom. The molecule has 0 radical (unpaired) electrons. The normalized spacial score (nSPS) is 11.3. The maximum atomic E-state index is 11.1. The van der Waals surface area contributed by atoms with E-state index in [9.17, 15) is 4.79 Å². The molecule has 0 bridgehead atoms. The van der Waals surface area contributed by atoms with Crippen molar-refractivity contribution in [3.05, 3.63) is 77.2 Å². The molecule has 0 spiro atoms. The molecule has 0 aliphatic carbocycles. The number of aromatic nitrogens is 5. The van der Waals surface area contributed by atoms with Gasteiger partial charge in [0.2, 0.25) is 0 Å². The Morgan fingerprint density at radius 2 is 2.00 bits per heavy atom. The molecule has 0 aliphatic rings. The quantitative estimate of drug-likeness (QED) is 0.304. The van der Waals surface area contributed by atoms with E-state index in [1.165, 1.54) is 11.3 Å². The number of aromatic carboxylic acids is 1. The van der Waals surface area contributed by atoms with Crippen molar-refractivity contribution in [3.63, 3.8) is 0 Å². The number of carbonyl (C=O) groups is 1. The number of carboxylic acids is 1. The van der Waals surface area contributed by atoms with Gasteiger partial charge in [-0.05, 0) is 25.1 Å². The second kappa shape index (κ2) is 9.03. The van der Waals surface area contributed by atoms with Crippen LogP contribution >= 0.6 is 11.3 Å². The minimum absolute atomic E-state index is 0.230. The highest BCUT2D eigenvalue weighted by atomic mass is 32.1. The number of fused-ring (bicyclic) bond motifs is 2. The largest absolute Gasteiger partial charge is 0.496 e. The number of furan rings is 1. The molecule has 4 aromatic heterocycles. The monoisotopic (exact) mass is 513 g/mol. The van der Waals surface area contributed by atoms with Gasteiger partial charge in [0.1, 0.15) is 34.4 Å². The third kappa shape index (κ3) is 4.36. The van der Waals surface area contributed by atoms with Crippen LogP contribution in [0, 0.1) is 6.92 Å². The van der Waals surface area contributed by atoms with Gasteiger partial charge in [0.25, 0.3) is 5.78 Å². The number of methoxy groups -OCH3 is 1. The number of aryl methyl sites for hydroxylation is 1. The summed E-state index contributed by atoms with van der Waals surface area (Å²) in [5, 5.41) is 16.9. The summed E-state index contributed by atoms with van der Waals surface area (Å²) in [5.74, 6) is 1.25. The van der Waals surface area contributed by atoms with Crippen molar-refractivity contribution >= 4 is 34.1 Å². The highest BCUT2D eigenvalue weighted by molar-refractivity contribution is 7.13. The van der Waals surface area contributed by atoms with Crippen molar-refractivity contribution in [1.82, 2.24) is 24.6 Å². The predicted molar refractivity (Wildman–Crippen MR) is 136 cm³/mol. The van der Waals surface area contributed by atoms with Crippen molar-refractivity contribution in [3.8, 4) is 33.5 Å². The maximum absolute atomic E-state index is 11.1. The van der Waals surface area contributed by atoms with Crippen LogP contribution in [0.25, 0.3) is 38.8 Å². The lowest BCUT2D eigenvalue weighted by Gasteiger charge is -2.08. The Labute approximate surface area is 213 Å². The molecule has 0 atom stereocenters. The molecule has 184 valence electrons. The number of imidazole rings is 1. The third-order valence-electron chi connectivity index (χ3n) is 5.67. The van der Waals surface area contributed by atoms with Crippen molar-refractivity contribution in [1.29, 1.82) is 0 Å². The van der Waals surface area contributed by atoms with Crippen molar-refractivity contribution in [2.45, 2.75) is 13.5 Å². The lowest BCUT2D eigenvalue weighted by molar-refractivity contribution is 0.0697. The zero-order valence-electron chi connectivity index (χ0n) is 19.7. The average Bonchev–Trinajstić information content (AvgIpc) is 3.64. The standard InChI is InChI=1S/C26H19N5O5S/c1-14-10-27-26-29-20(11-31(26)30-14)23-9-19-21(7-18(34-2)8-22(19)36-23)35-12-17-13-37-24(28-17)15-3-5-16(6-4-15)25(32)33/h3-11,13H,12H2,1-2H3,(H,32,33). The van der Waals surface area contributed by atoms with Gasteiger partial charge in [-0.1, -0.05) is 12.1 Å². The van der Waals surface area contributed by atoms with Gasteiger partial charge in [-0.3, -0.25) is 0 Å². The fourth-order valence-electron chi connectivity index (χ4n) is 3.85. The summed E-state index contributed by atoms with van der Waals surface area (Å²) in [6, 6.07) is 12.1. The lowest BCUT2D eigenvalue weighted by Crippen LogP contribution is -1.97. The number of thiazole rings is 1. The molecule has 6 aromatic rings. The topological polar surface area (TPSA) is 125 Å². The van der Waals surface area contributed by atoms with E-state index < -0.39 is 5.97 Å². The van der Waals surface area contributed by atoms with E-state index in [0.29, 0.717) is 34.3 Å². The summed E-state index contributed by atoms with van der Waals surface area (Å²) in [6.07, 6.45) is 3.43. The number of rotatable bonds is 7. The van der Waals surface area contributed by atoms with Gasteiger partial charge in [-0.15, -0.1) is 11.3 Å². The first-order chi connectivity index (χ1) is 18.0. The first kappa shape index (κ1) is 22.7. The minimum atomic E-state index is -0.962. The molecule has 0 aliphatic heterocycles. The lowest BCUT2D eigenvalue weighted by atomic mass is 10.1. The molecule has 0 unspecified atom stereocenters. The van der Waals surface area contributed by atoms with Crippen molar-refractivity contribution < 1.29 is 23.8 Å². The number of benzene rings is 2. The van der Waals surface area contributed by atoms with Gasteiger partial charge in [-0.25, -0.2) is 24.3 Å². The Hall–Kier alpha value is -4.77. The van der Waals surface area contributed by atoms with Crippen LogP contribution in [0.15, 0.2) is 64.7 Å². The van der Waals surface area contributed by atoms with Crippen LogP contribution < -0.4 is 9.47 Å². The summed E-state index contributed by atoms with van der Waals surface area (Å²) >= 11 is 1.46. The van der Waals surface area contributed by atoms with Gasteiger partial charge >= 0.3 is 5.97 Å². The highest BCUT2D eigenvalue weighted by Gasteiger charge is 2.17. The van der Waals surface area contributed by atoms with Crippen LogP contribution in [-0.4, -0.2) is 42.8 Å². The van der Waals surface area contributed by atoms with Gasteiger partial charge in [0.05, 0.1) is 41.8 Å². The number of carboxylic acid groups (broad SMARTS) is 1. The molecule has 10 nitrogen and oxygen atoms in total. The number of ether oxygens (including phenoxy) is 2. The first-order valence-electron chi connectivity index (χ1n) is 11.2. The third-order valence-corrected chi connectivity index (χ3v) is 6.61. The maximum Gasteiger partial charge on any atom is 0.335 e. The zero-order valence-corrected chi connectivity index (χ0v) is 20.5. The van der Waals surface area contributed by atoms with E-state index in [4.69, 9.17) is 19.0 Å². The molecule has 37 heavy (non-hydrogen) atoms. The van der Waals surface area contributed by atoms with Crippen LogP contribution in [0.5, 0.6) is 11.5 Å². The van der Waals surface area contributed by atoms with Crippen LogP contribution in [0.3, 0.4) is 0 Å². The van der Waals surface area contributed by atoms with Crippen LogP contribution in [-0.2, 0) is 6.61 Å². The van der Waals surface area contributed by atoms with Crippen molar-refractivity contribution in [2.75, 3.05) is 7.11 Å². The molecule has 0 saturated heterocycles. The second-order valence-corrected chi connectivity index (χ2v) is 9.09. The molecular formula is C26H19N5O5S. The molecule has 6 rings (SSSR count). The van der Waals surface area contributed by atoms with Crippen molar-refractivity contribution in [2.24, 2.45) is 0 Å². The van der Waals surface area contributed by atoms with Gasteiger partial charge in [-0.2, -0.15) is 5.10 Å². The zero-order chi connectivity index (χ0) is 25.5. The number of hydrogen-bond acceptors (Lipinski definition) is 9. The Balaban J connectivity index is 1.27. The Kier molecular flexibility index (Phi) is 5.53. The highest BCUT2D eigenvalue weighted by Crippen LogP contribution is 2.37. The summed E-state index contributed by atoms with van der Waals surface area (Å²) in [7, 11) is 1.58. The van der Waals surface area contributed by atoms with E-state index in [-0.39, 0.29) is 12.2 Å². The first-order valence-corrected chi connectivity index (χ1v) is 12.1.